The number of nitrogens with two attached hydrogens (primary N) is 1. The molecule has 0 aromatic heterocycles. The van der Waals surface area contributed by atoms with Gasteiger partial charge in [0, 0.05) is 17.5 Å². The molecule has 0 amide bonds. The maximum absolute atomic E-state index is 13.2. The Kier molecular flexibility index (Phi) is 5.50. The van der Waals surface area contributed by atoms with Crippen molar-refractivity contribution in [1.82, 2.24) is 0 Å². The van der Waals surface area contributed by atoms with E-state index >= 15 is 0 Å². The van der Waals surface area contributed by atoms with E-state index in [0.717, 1.165) is 29.8 Å². The third kappa shape index (κ3) is 4.28. The molecule has 2 aromatic carbocycles. The van der Waals surface area contributed by atoms with Crippen molar-refractivity contribution in [3.63, 3.8) is 0 Å². The van der Waals surface area contributed by atoms with Gasteiger partial charge in [0.15, 0.2) is 17.6 Å². The molecule has 1 aliphatic heterocycles. The van der Waals surface area contributed by atoms with Crippen LogP contribution < -0.4 is 14.8 Å². The van der Waals surface area contributed by atoms with E-state index in [1.807, 2.05) is 24.3 Å². The topological polar surface area (TPSA) is 56.7 Å². The highest BCUT2D eigenvalue weighted by molar-refractivity contribution is 6.01. The lowest BCUT2D eigenvalue weighted by molar-refractivity contribution is -0.676. The molecule has 132 valence electrons. The minimum atomic E-state index is -0.206. The van der Waals surface area contributed by atoms with Crippen molar-refractivity contribution in [3.8, 4) is 11.5 Å². The number of nitrogens with zero attached hydrogens (tertiary/aromatic N) is 1. The van der Waals surface area contributed by atoms with Gasteiger partial charge in [-0.2, -0.15) is 0 Å². The first-order valence-electron chi connectivity index (χ1n) is 8.21. The normalized spacial score (nSPS) is 16.3. The van der Waals surface area contributed by atoms with Crippen molar-refractivity contribution in [2.45, 2.75) is 19.1 Å². The van der Waals surface area contributed by atoms with Gasteiger partial charge >= 0.3 is 0 Å². The van der Waals surface area contributed by atoms with Crippen LogP contribution in [-0.4, -0.2) is 32.6 Å². The molecular formula is C19H22FN2O3+. The van der Waals surface area contributed by atoms with Gasteiger partial charge in [0.2, 0.25) is 0 Å². The molecule has 5 nitrogen and oxygen atoms in total. The number of methoxy groups -OCH3 is 2. The number of halogens is 1. The highest BCUT2D eigenvalue weighted by Gasteiger charge is 2.24. The van der Waals surface area contributed by atoms with Crippen LogP contribution in [0.5, 0.6) is 11.5 Å². The van der Waals surface area contributed by atoms with Gasteiger partial charge in [-0.3, -0.25) is 0 Å². The molecule has 6 heteroatoms. The Morgan fingerprint density at radius 3 is 2.76 bits per heavy atom. The fraction of sp³-hybridized carbons (Fsp3) is 0.316. The van der Waals surface area contributed by atoms with Gasteiger partial charge in [0.1, 0.15) is 18.9 Å². The molecule has 1 heterocycles. The fourth-order valence-corrected chi connectivity index (χ4v) is 2.84. The average molecular weight is 345 g/mol. The van der Waals surface area contributed by atoms with Gasteiger partial charge < -0.3 is 19.6 Å². The molecule has 2 N–H and O–H groups in total. The van der Waals surface area contributed by atoms with Gasteiger partial charge in [-0.25, -0.2) is 4.39 Å². The lowest BCUT2D eigenvalue weighted by atomic mass is 10.0. The molecule has 0 fully saturated rings. The quantitative estimate of drug-likeness (QED) is 0.836. The van der Waals surface area contributed by atoms with E-state index in [1.54, 1.807) is 26.4 Å². The van der Waals surface area contributed by atoms with E-state index < -0.39 is 0 Å². The second kappa shape index (κ2) is 7.98. The van der Waals surface area contributed by atoms with Crippen LogP contribution in [-0.2, 0) is 11.4 Å². The summed E-state index contributed by atoms with van der Waals surface area (Å²) < 4.78 is 23.8. The van der Waals surface area contributed by atoms with Crippen molar-refractivity contribution in [1.29, 1.82) is 0 Å². The van der Waals surface area contributed by atoms with E-state index in [4.69, 9.17) is 14.3 Å². The molecule has 1 aliphatic rings. The predicted octanol–water partition coefficient (Wildman–Crippen LogP) is 2.10. The van der Waals surface area contributed by atoms with Crippen LogP contribution in [0.25, 0.3) is 0 Å². The number of oxime groups is 1. The second-order valence-corrected chi connectivity index (χ2v) is 5.90. The molecule has 3 rings (SSSR count). The van der Waals surface area contributed by atoms with E-state index in [-0.39, 0.29) is 11.9 Å². The summed E-state index contributed by atoms with van der Waals surface area (Å²) in [5, 5.41) is 6.30. The van der Waals surface area contributed by atoms with Gasteiger partial charge in [0.05, 0.1) is 19.9 Å². The summed E-state index contributed by atoms with van der Waals surface area (Å²) in [7, 11) is 3.22. The molecule has 0 aliphatic carbocycles. The lowest BCUT2D eigenvalue weighted by Crippen LogP contribution is -2.84. The molecule has 0 unspecified atom stereocenters. The molecule has 0 saturated carbocycles. The summed E-state index contributed by atoms with van der Waals surface area (Å²) in [6.45, 7) is 1.47. The molecule has 0 bridgehead atoms. The van der Waals surface area contributed by atoms with Crippen LogP contribution >= 0.6 is 0 Å². The molecule has 2 aromatic rings. The highest BCUT2D eigenvalue weighted by atomic mass is 19.1. The van der Waals surface area contributed by atoms with Crippen LogP contribution in [0.15, 0.2) is 47.6 Å². The Hall–Kier alpha value is -2.60. The minimum Gasteiger partial charge on any atom is -0.493 e. The van der Waals surface area contributed by atoms with Crippen molar-refractivity contribution >= 4 is 5.71 Å². The lowest BCUT2D eigenvalue weighted by Gasteiger charge is -2.09. The van der Waals surface area contributed by atoms with Gasteiger partial charge in [-0.15, -0.1) is 0 Å². The highest BCUT2D eigenvalue weighted by Crippen LogP contribution is 2.29. The zero-order valence-corrected chi connectivity index (χ0v) is 14.4. The zero-order chi connectivity index (χ0) is 17.6. The van der Waals surface area contributed by atoms with Crippen LogP contribution in [0.1, 0.15) is 17.5 Å². The average Bonchev–Trinajstić information content (AvgIpc) is 3.10. The van der Waals surface area contributed by atoms with Crippen LogP contribution in [0.4, 0.5) is 4.39 Å². The number of rotatable bonds is 7. The number of quaternary nitrogens is 1. The van der Waals surface area contributed by atoms with Gasteiger partial charge in [-0.1, -0.05) is 17.3 Å². The molecular weight excluding hydrogens is 323 g/mol. The Morgan fingerprint density at radius 1 is 1.16 bits per heavy atom. The monoisotopic (exact) mass is 345 g/mol. The Labute approximate surface area is 146 Å². The van der Waals surface area contributed by atoms with Crippen LogP contribution in [0.2, 0.25) is 0 Å². The summed E-state index contributed by atoms with van der Waals surface area (Å²) in [5.74, 6) is 1.15. The van der Waals surface area contributed by atoms with Crippen molar-refractivity contribution < 1.29 is 24.0 Å². The molecule has 1 atom stereocenters. The number of hydrogen-bond acceptors (Lipinski definition) is 4. The minimum absolute atomic E-state index is 0.0108. The number of ether oxygens (including phenoxy) is 2. The van der Waals surface area contributed by atoms with Crippen molar-refractivity contribution in [3.05, 3.63) is 59.4 Å². The smallest absolute Gasteiger partial charge is 0.181 e. The van der Waals surface area contributed by atoms with E-state index in [0.29, 0.717) is 18.0 Å². The predicted molar refractivity (Wildman–Crippen MR) is 92.5 cm³/mol. The number of benzene rings is 2. The summed E-state index contributed by atoms with van der Waals surface area (Å²) in [6, 6.07) is 12.4. The second-order valence-electron chi connectivity index (χ2n) is 5.90. The largest absolute Gasteiger partial charge is 0.493 e. The Balaban J connectivity index is 1.53. The summed E-state index contributed by atoms with van der Waals surface area (Å²) >= 11 is 0. The maximum atomic E-state index is 13.2. The van der Waals surface area contributed by atoms with Crippen LogP contribution in [0, 0.1) is 5.82 Å². The third-order valence-electron chi connectivity index (χ3n) is 4.15. The standard InChI is InChI=1S/C19H21FN2O3/c1-23-18-7-6-14(9-19(18)24-2)17-10-16(25-22-17)12-21-11-13-4-3-5-15(20)8-13/h3-9,16,21H,10-12H2,1-2H3/p+1/t16-/m1/s1. The molecule has 0 saturated heterocycles. The zero-order valence-electron chi connectivity index (χ0n) is 14.4. The third-order valence-corrected chi connectivity index (χ3v) is 4.15. The Morgan fingerprint density at radius 2 is 2.00 bits per heavy atom. The first kappa shape index (κ1) is 17.2. The van der Waals surface area contributed by atoms with Crippen LogP contribution in [0.3, 0.4) is 0 Å². The summed E-state index contributed by atoms with van der Waals surface area (Å²) in [4.78, 5) is 5.52. The molecule has 25 heavy (non-hydrogen) atoms. The van der Waals surface area contributed by atoms with E-state index in [1.165, 1.54) is 6.07 Å². The summed E-state index contributed by atoms with van der Waals surface area (Å²) in [5.41, 5.74) is 2.81. The van der Waals surface area contributed by atoms with E-state index in [2.05, 4.69) is 10.5 Å². The Bertz CT molecular complexity index is 764. The van der Waals surface area contributed by atoms with Crippen molar-refractivity contribution in [2.75, 3.05) is 20.8 Å². The van der Waals surface area contributed by atoms with Gasteiger partial charge in [0.25, 0.3) is 0 Å². The SMILES string of the molecule is COc1ccc(C2=NO[C@@H](C[NH2+]Cc3cccc(F)c3)C2)cc1OC. The first-order chi connectivity index (χ1) is 12.2. The van der Waals surface area contributed by atoms with E-state index in [9.17, 15) is 4.39 Å². The van der Waals surface area contributed by atoms with Crippen molar-refractivity contribution in [2.24, 2.45) is 5.16 Å². The van der Waals surface area contributed by atoms with Gasteiger partial charge in [-0.05, 0) is 30.3 Å². The number of hydrogen-bond donors (Lipinski definition) is 1. The first-order valence-corrected chi connectivity index (χ1v) is 8.21. The molecule has 0 spiro atoms. The molecule has 0 radical (unpaired) electrons. The maximum Gasteiger partial charge on any atom is 0.181 e. The fourth-order valence-electron chi connectivity index (χ4n) is 2.84. The summed E-state index contributed by atoms with van der Waals surface area (Å²) in [6.07, 6.45) is 0.742.